The zero-order valence-corrected chi connectivity index (χ0v) is 39.3. The van der Waals surface area contributed by atoms with E-state index in [1.54, 1.807) is 83.1 Å². The summed E-state index contributed by atoms with van der Waals surface area (Å²) in [5.41, 5.74) is -8.47. The maximum Gasteiger partial charge on any atom is 0.509 e. The van der Waals surface area contributed by atoms with Crippen LogP contribution in [0.4, 0.5) is 14.4 Å². The third kappa shape index (κ3) is 8.07. The number of Topliss-reactive ketones (excluding diaryl/α,β-unsaturated/α-hetero) is 1. The van der Waals surface area contributed by atoms with Crippen molar-refractivity contribution in [3.8, 4) is 0 Å². The second-order valence-electron chi connectivity index (χ2n) is 19.5. The topological polar surface area (TPSA) is 238 Å². The van der Waals surface area contributed by atoms with E-state index in [-0.39, 0.29) is 35.3 Å². The second kappa shape index (κ2) is 17.6. The normalized spacial score (nSPS) is 32.3. The van der Waals surface area contributed by atoms with Gasteiger partial charge in [0.05, 0.1) is 35.6 Å². The largest absolute Gasteiger partial charge is 0.509 e. The van der Waals surface area contributed by atoms with Gasteiger partial charge < -0.3 is 58.0 Å². The molecule has 2 N–H and O–H groups in total. The van der Waals surface area contributed by atoms with E-state index >= 15 is 4.79 Å². The van der Waals surface area contributed by atoms with Crippen molar-refractivity contribution in [3.05, 3.63) is 82.9 Å². The first-order chi connectivity index (χ1) is 31.3. The molecule has 2 aromatic carbocycles. The molecule has 1 spiro atoms. The van der Waals surface area contributed by atoms with E-state index in [1.165, 1.54) is 47.2 Å². The Bertz CT molecular complexity index is 2350. The highest BCUT2D eigenvalue weighted by molar-refractivity contribution is 5.96. The monoisotopic (exact) mass is 934 g/mol. The zero-order valence-electron chi connectivity index (χ0n) is 39.3. The van der Waals surface area contributed by atoms with Crippen molar-refractivity contribution in [1.29, 1.82) is 0 Å². The number of carbonyl (C=O) groups is 7. The van der Waals surface area contributed by atoms with Crippen LogP contribution in [0.2, 0.25) is 0 Å². The molecule has 19 nitrogen and oxygen atoms in total. The molecular formula is C48H58N2O17. The van der Waals surface area contributed by atoms with Crippen LogP contribution in [-0.2, 0) is 57.0 Å². The van der Waals surface area contributed by atoms with Crippen LogP contribution in [0.25, 0.3) is 0 Å². The number of amides is 2. The molecule has 0 radical (unpaired) electrons. The molecule has 2 aromatic rings. The number of carbonyl (C=O) groups excluding carboxylic acids is 7. The van der Waals surface area contributed by atoms with Gasteiger partial charge in [-0.15, -0.1) is 0 Å². The number of fused-ring (bicyclic) bond motifs is 4. The molecule has 2 amide bonds. The fourth-order valence-electron chi connectivity index (χ4n) is 10.9. The molecule has 2 saturated heterocycles. The van der Waals surface area contributed by atoms with Crippen molar-refractivity contribution in [2.24, 2.45) is 16.7 Å². The third-order valence-electron chi connectivity index (χ3n) is 13.8. The number of nitrogens with one attached hydrogen (secondary N) is 1. The van der Waals surface area contributed by atoms with Gasteiger partial charge in [0.1, 0.15) is 11.7 Å². The molecule has 0 unspecified atom stereocenters. The molecule has 4 fully saturated rings. The summed E-state index contributed by atoms with van der Waals surface area (Å²) in [6.07, 6.45) is -14.8. The number of aliphatic hydroxyl groups excluding tert-OH is 1. The van der Waals surface area contributed by atoms with Crippen molar-refractivity contribution >= 4 is 42.0 Å². The SMILES string of the molecule is CO[C@H]1C[C@H]2OC[C@@]2(OC(C)=O)[C@H]2[C@H](OC(=O)c3ccccc3)[C@]34OC(=O)O[C@H]3[C@H](OC(=O)[C@H](O)[C@@H](NC(=O)OC(C)(C)C)c3ccccc3)C(C)=C([C@@H](OC(=O)N(C)C)C(=O)[C@]12C)C4(C)C. The van der Waals surface area contributed by atoms with E-state index < -0.39 is 124 Å². The summed E-state index contributed by atoms with van der Waals surface area (Å²) < 4.78 is 55.4. The Morgan fingerprint density at radius 2 is 1.55 bits per heavy atom. The molecule has 12 atom stereocenters. The van der Waals surface area contributed by atoms with Gasteiger partial charge in [-0.2, -0.15) is 0 Å². The number of hydrogen-bond donors (Lipinski definition) is 2. The second-order valence-corrected chi connectivity index (χ2v) is 19.5. The van der Waals surface area contributed by atoms with Gasteiger partial charge in [0.15, 0.2) is 41.9 Å². The van der Waals surface area contributed by atoms with E-state index in [4.69, 9.17) is 42.6 Å². The van der Waals surface area contributed by atoms with Crippen LogP contribution in [0.15, 0.2) is 71.8 Å². The Kier molecular flexibility index (Phi) is 12.8. The molecule has 3 aliphatic carbocycles. The van der Waals surface area contributed by atoms with Crippen LogP contribution in [0.1, 0.15) is 83.8 Å². The number of ether oxygens (including phenoxy) is 9. The summed E-state index contributed by atoms with van der Waals surface area (Å²) in [6, 6.07) is 14.4. The van der Waals surface area contributed by atoms with Crippen molar-refractivity contribution in [1.82, 2.24) is 10.2 Å². The summed E-state index contributed by atoms with van der Waals surface area (Å²) in [5.74, 6) is -5.41. The summed E-state index contributed by atoms with van der Waals surface area (Å²) in [6.45, 7) is 11.9. The number of ketones is 1. The lowest BCUT2D eigenvalue weighted by molar-refractivity contribution is -0.347. The first-order valence-electron chi connectivity index (χ1n) is 21.9. The standard InChI is InChI=1S/C48H58N2O17/c1-24-30-34(62-42(57)50(9)10)36(53)46(8)28(59-11)22-29-47(23-60-29,65-25(2)51)35(46)38(63-39(54)27-20-16-13-17-21-27)48(45(30,6)7)37(64-43(58)67-48)33(24)61-40(55)32(52)31(26-18-14-12-15-19-26)49-41(56)66-44(3,4)5/h12-21,28-29,31-35,37-38,52H,22-23H2,1-11H3,(H,49,56)/t28-,29+,31-,32+,33+,34+,35-,37-,38-,46+,47-,48+/m0/s1. The van der Waals surface area contributed by atoms with E-state index in [0.29, 0.717) is 0 Å². The fourth-order valence-corrected chi connectivity index (χ4v) is 10.9. The van der Waals surface area contributed by atoms with E-state index in [2.05, 4.69) is 5.32 Å². The summed E-state index contributed by atoms with van der Waals surface area (Å²) in [4.78, 5) is 101. The maximum absolute atomic E-state index is 16.1. The Morgan fingerprint density at radius 1 is 0.925 bits per heavy atom. The number of aliphatic hydroxyl groups is 1. The minimum atomic E-state index is -2.36. The third-order valence-corrected chi connectivity index (χ3v) is 13.8. The Morgan fingerprint density at radius 3 is 2.10 bits per heavy atom. The quantitative estimate of drug-likeness (QED) is 0.185. The van der Waals surface area contributed by atoms with Gasteiger partial charge in [0, 0.05) is 40.0 Å². The summed E-state index contributed by atoms with van der Waals surface area (Å²) >= 11 is 0. The fraction of sp³-hybridized carbons (Fsp3) is 0.562. The average Bonchev–Trinajstić information content (AvgIpc) is 3.62. The van der Waals surface area contributed by atoms with E-state index in [1.807, 2.05) is 0 Å². The van der Waals surface area contributed by atoms with E-state index in [0.717, 1.165) is 11.8 Å². The van der Waals surface area contributed by atoms with Crippen molar-refractivity contribution in [2.45, 2.75) is 127 Å². The number of alkyl carbamates (subject to hydrolysis) is 1. The first kappa shape index (κ1) is 48.9. The number of benzene rings is 2. The lowest BCUT2D eigenvalue weighted by Crippen LogP contribution is -2.83. The highest BCUT2D eigenvalue weighted by Crippen LogP contribution is 2.67. The number of esters is 3. The van der Waals surface area contributed by atoms with Crippen LogP contribution < -0.4 is 5.32 Å². The maximum atomic E-state index is 16.1. The predicted octanol–water partition coefficient (Wildman–Crippen LogP) is 4.77. The van der Waals surface area contributed by atoms with Gasteiger partial charge in [-0.05, 0) is 63.5 Å². The lowest BCUT2D eigenvalue weighted by Gasteiger charge is -2.67. The molecule has 2 bridgehead atoms. The van der Waals surface area contributed by atoms with Crippen LogP contribution in [0.3, 0.4) is 0 Å². The number of hydrogen-bond acceptors (Lipinski definition) is 17. The van der Waals surface area contributed by atoms with Gasteiger partial charge in [-0.25, -0.2) is 24.0 Å². The van der Waals surface area contributed by atoms with Gasteiger partial charge in [0.25, 0.3) is 0 Å². The van der Waals surface area contributed by atoms with Gasteiger partial charge in [-0.1, -0.05) is 62.4 Å². The van der Waals surface area contributed by atoms with Gasteiger partial charge in [-0.3, -0.25) is 9.59 Å². The number of rotatable bonds is 10. The van der Waals surface area contributed by atoms with Gasteiger partial charge in [0.2, 0.25) is 5.60 Å². The van der Waals surface area contributed by atoms with Crippen molar-refractivity contribution < 1.29 is 81.3 Å². The summed E-state index contributed by atoms with van der Waals surface area (Å²) in [7, 11) is 4.17. The Hall–Kier alpha value is -6.05. The highest BCUT2D eigenvalue weighted by atomic mass is 16.8. The lowest BCUT2D eigenvalue weighted by atomic mass is 9.44. The highest BCUT2D eigenvalue weighted by Gasteiger charge is 2.83. The van der Waals surface area contributed by atoms with Crippen LogP contribution >= 0.6 is 0 Å². The molecule has 19 heteroatoms. The molecule has 7 rings (SSSR count). The molecule has 2 heterocycles. The number of methoxy groups -OCH3 is 1. The number of nitrogens with zero attached hydrogens (tertiary/aromatic N) is 1. The molecule has 5 aliphatic rings. The molecule has 67 heavy (non-hydrogen) atoms. The molecule has 0 aromatic heterocycles. The Labute approximate surface area is 387 Å². The minimum Gasteiger partial charge on any atom is -0.454 e. The molecule has 2 aliphatic heterocycles. The van der Waals surface area contributed by atoms with Crippen molar-refractivity contribution in [2.75, 3.05) is 27.8 Å². The minimum absolute atomic E-state index is 0.0233. The molecule has 2 saturated carbocycles. The van der Waals surface area contributed by atoms with Crippen LogP contribution in [0.5, 0.6) is 0 Å². The average molecular weight is 935 g/mol. The predicted molar refractivity (Wildman–Crippen MR) is 231 cm³/mol. The zero-order chi connectivity index (χ0) is 49.2. The van der Waals surface area contributed by atoms with Crippen molar-refractivity contribution in [3.63, 3.8) is 0 Å². The summed E-state index contributed by atoms with van der Waals surface area (Å²) in [5, 5.41) is 14.5. The molecular weight excluding hydrogens is 877 g/mol. The van der Waals surface area contributed by atoms with Crippen LogP contribution in [0, 0.1) is 16.7 Å². The first-order valence-corrected chi connectivity index (χ1v) is 21.9. The molecule has 362 valence electrons. The Balaban J connectivity index is 1.49. The van der Waals surface area contributed by atoms with Crippen LogP contribution in [-0.4, -0.2) is 139 Å². The van der Waals surface area contributed by atoms with E-state index in [9.17, 15) is 33.9 Å². The van der Waals surface area contributed by atoms with Gasteiger partial charge >= 0.3 is 36.2 Å². The smallest absolute Gasteiger partial charge is 0.454 e.